The zero-order valence-corrected chi connectivity index (χ0v) is 66.8. The molecule has 0 aromatic heterocycles. The van der Waals surface area contributed by atoms with Crippen molar-refractivity contribution >= 4 is 39.5 Å². The largest absolute Gasteiger partial charge is 0.472 e. The van der Waals surface area contributed by atoms with Crippen molar-refractivity contribution in [2.75, 3.05) is 39.6 Å². The highest BCUT2D eigenvalue weighted by molar-refractivity contribution is 7.47. The minimum absolute atomic E-state index is 0.106. The van der Waals surface area contributed by atoms with Crippen molar-refractivity contribution in [1.29, 1.82) is 0 Å². The summed E-state index contributed by atoms with van der Waals surface area (Å²) in [6.07, 6.45) is 58.3. The molecule has 0 fully saturated rings. The van der Waals surface area contributed by atoms with Gasteiger partial charge in [-0.05, 0) is 43.4 Å². The number of ether oxygens (including phenoxy) is 4. The van der Waals surface area contributed by atoms with Crippen LogP contribution in [0.1, 0.15) is 414 Å². The molecule has 0 radical (unpaired) electrons. The van der Waals surface area contributed by atoms with Crippen LogP contribution in [0.3, 0.4) is 0 Å². The summed E-state index contributed by atoms with van der Waals surface area (Å²) in [4.78, 5) is 72.9. The average molecular weight is 1450 g/mol. The number of unbranched alkanes of at least 4 members (excludes halogenated alkanes) is 45. The average Bonchev–Trinajstić information content (AvgIpc) is 1.30. The first kappa shape index (κ1) is 97.1. The second-order valence-electron chi connectivity index (χ2n) is 30.0. The Morgan fingerprint density at radius 2 is 0.515 bits per heavy atom. The summed E-state index contributed by atoms with van der Waals surface area (Å²) in [6, 6.07) is 0. The molecule has 99 heavy (non-hydrogen) atoms. The molecule has 0 spiro atoms. The van der Waals surface area contributed by atoms with Crippen LogP contribution in [0.2, 0.25) is 0 Å². The predicted molar refractivity (Wildman–Crippen MR) is 405 cm³/mol. The van der Waals surface area contributed by atoms with Crippen LogP contribution < -0.4 is 0 Å². The maximum Gasteiger partial charge on any atom is 0.472 e. The lowest BCUT2D eigenvalue weighted by molar-refractivity contribution is -0.161. The van der Waals surface area contributed by atoms with Crippen molar-refractivity contribution in [3.8, 4) is 0 Å². The van der Waals surface area contributed by atoms with Crippen LogP contribution >= 0.6 is 15.6 Å². The minimum atomic E-state index is -4.96. The molecule has 6 atom stereocenters. The number of carbonyl (C=O) groups is 4. The van der Waals surface area contributed by atoms with E-state index in [4.69, 9.17) is 37.0 Å². The number of carbonyl (C=O) groups excluding carboxylic acids is 4. The molecule has 0 rings (SSSR count). The van der Waals surface area contributed by atoms with Crippen LogP contribution in [0.4, 0.5) is 0 Å². The molecular formula is C80H156O17P2. The normalized spacial score (nSPS) is 14.3. The van der Waals surface area contributed by atoms with Crippen molar-refractivity contribution in [2.24, 2.45) is 17.8 Å². The summed E-state index contributed by atoms with van der Waals surface area (Å²) in [5, 5.41) is 10.6. The fourth-order valence-electron chi connectivity index (χ4n) is 12.3. The van der Waals surface area contributed by atoms with Crippen LogP contribution in [0, 0.1) is 17.8 Å². The maximum absolute atomic E-state index is 13.1. The van der Waals surface area contributed by atoms with Crippen molar-refractivity contribution in [3.63, 3.8) is 0 Å². The number of rotatable bonds is 78. The minimum Gasteiger partial charge on any atom is -0.462 e. The summed E-state index contributed by atoms with van der Waals surface area (Å²) in [5.41, 5.74) is 0. The van der Waals surface area contributed by atoms with Gasteiger partial charge in [-0.1, -0.05) is 363 Å². The van der Waals surface area contributed by atoms with Crippen molar-refractivity contribution in [1.82, 2.24) is 0 Å². The molecule has 0 aliphatic heterocycles. The standard InChI is InChI=1S/C80H156O17P2/c1-8-10-11-12-13-14-15-29-35-40-49-56-63-79(84)97-76(68-91-78(83)62-55-48-43-42-46-53-60-73(7)9-2)70-95-99(88,89)93-66-74(81)65-92-98(86,87)94-69-75(67-90-77(82)61-54-47-39-34-30-26-22-24-28-33-38-45-52-59-72(5)6)96-80(85)64-57-50-41-36-31-25-21-19-17-16-18-20-23-27-32-37-44-51-58-71(3)4/h71-76,81H,8-70H2,1-7H3,(H,86,87)(H,88,89)/t73?,74-,75-,76-/m1/s1. The first-order valence-corrected chi connectivity index (χ1v) is 44.4. The highest BCUT2D eigenvalue weighted by Crippen LogP contribution is 2.45. The third-order valence-electron chi connectivity index (χ3n) is 19.0. The monoisotopic (exact) mass is 1450 g/mol. The Bertz CT molecular complexity index is 1920. The second kappa shape index (κ2) is 70.4. The number of phosphoric ester groups is 2. The summed E-state index contributed by atoms with van der Waals surface area (Å²) < 4.78 is 68.6. The van der Waals surface area contributed by atoms with E-state index < -0.39 is 97.5 Å². The number of hydrogen-bond donors (Lipinski definition) is 3. The Balaban J connectivity index is 5.22. The molecule has 3 unspecified atom stereocenters. The quantitative estimate of drug-likeness (QED) is 0.0222. The Hall–Kier alpha value is -1.94. The predicted octanol–water partition coefficient (Wildman–Crippen LogP) is 23.7. The summed E-state index contributed by atoms with van der Waals surface area (Å²) >= 11 is 0. The van der Waals surface area contributed by atoms with E-state index in [9.17, 15) is 43.2 Å². The van der Waals surface area contributed by atoms with Crippen LogP contribution in [-0.2, 0) is 65.4 Å². The van der Waals surface area contributed by atoms with Gasteiger partial charge in [-0.15, -0.1) is 0 Å². The molecular weight excluding hydrogens is 1290 g/mol. The fourth-order valence-corrected chi connectivity index (χ4v) is 13.9. The van der Waals surface area contributed by atoms with Gasteiger partial charge in [-0.25, -0.2) is 9.13 Å². The molecule has 588 valence electrons. The number of phosphoric acid groups is 2. The van der Waals surface area contributed by atoms with Gasteiger partial charge in [0, 0.05) is 25.7 Å². The third kappa shape index (κ3) is 72.8. The van der Waals surface area contributed by atoms with Gasteiger partial charge in [-0.3, -0.25) is 37.3 Å². The number of esters is 4. The Kier molecular flexibility index (Phi) is 69.0. The highest BCUT2D eigenvalue weighted by atomic mass is 31.2. The van der Waals surface area contributed by atoms with Crippen LogP contribution in [0.15, 0.2) is 0 Å². The van der Waals surface area contributed by atoms with Crippen molar-refractivity contribution in [2.45, 2.75) is 433 Å². The summed E-state index contributed by atoms with van der Waals surface area (Å²) in [7, 11) is -9.92. The van der Waals surface area contributed by atoms with E-state index in [1.54, 1.807) is 0 Å². The number of aliphatic hydroxyl groups is 1. The molecule has 0 heterocycles. The first-order chi connectivity index (χ1) is 47.8. The topological polar surface area (TPSA) is 237 Å². The number of hydrogen-bond acceptors (Lipinski definition) is 15. The van der Waals surface area contributed by atoms with Crippen molar-refractivity contribution < 1.29 is 80.2 Å². The number of aliphatic hydroxyl groups excluding tert-OH is 1. The van der Waals surface area contributed by atoms with Gasteiger partial charge < -0.3 is 33.8 Å². The smallest absolute Gasteiger partial charge is 0.462 e. The van der Waals surface area contributed by atoms with E-state index in [0.717, 1.165) is 114 Å². The molecule has 3 N–H and O–H groups in total. The molecule has 0 saturated carbocycles. The van der Waals surface area contributed by atoms with Gasteiger partial charge in [0.05, 0.1) is 26.4 Å². The zero-order valence-electron chi connectivity index (χ0n) is 65.0. The molecule has 0 aromatic carbocycles. The maximum atomic E-state index is 13.1. The van der Waals surface area contributed by atoms with E-state index in [1.165, 1.54) is 218 Å². The lowest BCUT2D eigenvalue weighted by Crippen LogP contribution is -2.30. The molecule has 0 bridgehead atoms. The molecule has 0 aliphatic rings. The van der Waals surface area contributed by atoms with E-state index in [2.05, 4.69) is 48.5 Å². The van der Waals surface area contributed by atoms with Gasteiger partial charge in [0.15, 0.2) is 12.2 Å². The Morgan fingerprint density at radius 3 is 0.768 bits per heavy atom. The second-order valence-corrected chi connectivity index (χ2v) is 32.9. The van der Waals surface area contributed by atoms with Gasteiger partial charge in [0.25, 0.3) is 0 Å². The molecule has 0 aromatic rings. The lowest BCUT2D eigenvalue weighted by Gasteiger charge is -2.21. The van der Waals surface area contributed by atoms with E-state index in [0.29, 0.717) is 25.7 Å². The van der Waals surface area contributed by atoms with Crippen LogP contribution in [-0.4, -0.2) is 96.7 Å². The fraction of sp³-hybridized carbons (Fsp3) is 0.950. The van der Waals surface area contributed by atoms with Gasteiger partial charge in [0.1, 0.15) is 19.3 Å². The molecule has 19 heteroatoms. The van der Waals surface area contributed by atoms with E-state index in [-0.39, 0.29) is 25.7 Å². The summed E-state index contributed by atoms with van der Waals surface area (Å²) in [6.45, 7) is 11.9. The first-order valence-electron chi connectivity index (χ1n) is 41.4. The van der Waals surface area contributed by atoms with Crippen LogP contribution in [0.5, 0.6) is 0 Å². The van der Waals surface area contributed by atoms with E-state index in [1.807, 2.05) is 0 Å². The zero-order chi connectivity index (χ0) is 73.0. The van der Waals surface area contributed by atoms with Gasteiger partial charge >= 0.3 is 39.5 Å². The third-order valence-corrected chi connectivity index (χ3v) is 20.9. The Morgan fingerprint density at radius 1 is 0.293 bits per heavy atom. The van der Waals surface area contributed by atoms with Crippen molar-refractivity contribution in [3.05, 3.63) is 0 Å². The van der Waals surface area contributed by atoms with Crippen LogP contribution in [0.25, 0.3) is 0 Å². The van der Waals surface area contributed by atoms with E-state index >= 15 is 0 Å². The molecule has 0 saturated heterocycles. The van der Waals surface area contributed by atoms with Gasteiger partial charge in [-0.2, -0.15) is 0 Å². The highest BCUT2D eigenvalue weighted by Gasteiger charge is 2.30. The SMILES string of the molecule is CCCCCCCCCCCCCCC(=O)O[C@H](COC(=O)CCCCCCCCC(C)CC)COP(=O)(O)OC[C@H](O)COP(=O)(O)OC[C@@H](COC(=O)CCCCCCCCCCCCCCCC(C)C)OC(=O)CCCCCCCCCCCCCCCCCCCCC(C)C. The lowest BCUT2D eigenvalue weighted by atomic mass is 10.00. The van der Waals surface area contributed by atoms with Gasteiger partial charge in [0.2, 0.25) is 0 Å². The Labute approximate surface area is 607 Å². The molecule has 17 nitrogen and oxygen atoms in total. The summed E-state index contributed by atoms with van der Waals surface area (Å²) in [5.74, 6) is 0.230. The molecule has 0 aliphatic carbocycles. The molecule has 0 amide bonds.